The van der Waals surface area contributed by atoms with Crippen LogP contribution in [0.1, 0.15) is 72.1 Å². The Hall–Kier alpha value is -0.713. The van der Waals surface area contributed by atoms with E-state index in [4.69, 9.17) is 11.6 Å². The molecule has 2 heteroatoms. The number of unbranched alkanes of at least 4 members (excludes halogenated alkanes) is 7. The largest absolute Gasteiger partial charge is 0.150 e. The van der Waals surface area contributed by atoms with Crippen LogP contribution < -0.4 is 0 Å². The minimum Gasteiger partial charge on any atom is -0.130 e. The van der Waals surface area contributed by atoms with Gasteiger partial charge in [-0.3, -0.25) is 0 Å². The van der Waals surface area contributed by atoms with E-state index in [0.717, 1.165) is 36.9 Å². The van der Waals surface area contributed by atoms with E-state index in [1.165, 1.54) is 55.2 Å². The molecule has 0 saturated carbocycles. The smallest absolute Gasteiger partial charge is 0.130 e. The van der Waals surface area contributed by atoms with Crippen LogP contribution in [0.5, 0.6) is 0 Å². The Morgan fingerprint density at radius 1 is 0.720 bits per heavy atom. The van der Waals surface area contributed by atoms with E-state index in [1.54, 1.807) is 0 Å². The highest BCUT2D eigenvalue weighted by molar-refractivity contribution is 6.88. The lowest BCUT2D eigenvalue weighted by Crippen LogP contribution is -2.33. The average Bonchev–Trinajstić information content (AvgIpc) is 2.47. The molecule has 0 radical (unpaired) electrons. The Morgan fingerprint density at radius 2 is 1.12 bits per heavy atom. The van der Waals surface area contributed by atoms with Gasteiger partial charge < -0.3 is 0 Å². The molecule has 0 spiro atoms. The molecule has 0 aromatic carbocycles. The lowest BCUT2D eigenvalue weighted by Gasteiger charge is -2.27. The summed E-state index contributed by atoms with van der Waals surface area (Å²) in [5.74, 6) is 4.33. The monoisotopic (exact) mass is 378 g/mol. The summed E-state index contributed by atoms with van der Waals surface area (Å²) in [5, 5.41) is 0. The summed E-state index contributed by atoms with van der Waals surface area (Å²) in [6, 6.07) is 3.21. The number of allylic oxidation sites excluding steroid dienone is 3. The molecule has 0 aliphatic rings. The zero-order chi connectivity index (χ0) is 19.1. The SMILES string of the molecule is C=C(C)C[Si](C#CCCCCCCCCCCl)(CC(=C)C)CC(=C)C. The van der Waals surface area contributed by atoms with Gasteiger partial charge in [0.1, 0.15) is 8.07 Å². The molecule has 0 fully saturated rings. The molecule has 0 aromatic heterocycles. The van der Waals surface area contributed by atoms with Gasteiger partial charge in [0, 0.05) is 12.3 Å². The Bertz CT molecular complexity index is 437. The Kier molecular flexibility index (Phi) is 14.0. The van der Waals surface area contributed by atoms with Gasteiger partial charge in [0.15, 0.2) is 0 Å². The highest BCUT2D eigenvalue weighted by Crippen LogP contribution is 2.30. The van der Waals surface area contributed by atoms with Crippen LogP contribution in [0.4, 0.5) is 0 Å². The van der Waals surface area contributed by atoms with Crippen LogP contribution in [-0.2, 0) is 0 Å². The normalized spacial score (nSPS) is 10.9. The van der Waals surface area contributed by atoms with Crippen molar-refractivity contribution in [1.29, 1.82) is 0 Å². The van der Waals surface area contributed by atoms with Gasteiger partial charge in [-0.2, -0.15) is 0 Å². The van der Waals surface area contributed by atoms with Gasteiger partial charge in [0.05, 0.1) is 0 Å². The maximum absolute atomic E-state index is 5.70. The van der Waals surface area contributed by atoms with Crippen molar-refractivity contribution in [2.45, 2.75) is 90.3 Å². The maximum Gasteiger partial charge on any atom is 0.150 e. The minimum absolute atomic E-state index is 0.805. The molecule has 142 valence electrons. The first kappa shape index (κ1) is 24.3. The molecule has 0 aliphatic heterocycles. The van der Waals surface area contributed by atoms with E-state index in [0.29, 0.717) is 0 Å². The number of hydrogen-bond donors (Lipinski definition) is 0. The van der Waals surface area contributed by atoms with E-state index >= 15 is 0 Å². The van der Waals surface area contributed by atoms with Gasteiger partial charge >= 0.3 is 0 Å². The summed E-state index contributed by atoms with van der Waals surface area (Å²) >= 11 is 5.70. The molecular weight excluding hydrogens is 340 g/mol. The van der Waals surface area contributed by atoms with Crippen molar-refractivity contribution in [1.82, 2.24) is 0 Å². The third-order valence-electron chi connectivity index (χ3n) is 4.21. The summed E-state index contributed by atoms with van der Waals surface area (Å²) < 4.78 is 0. The molecule has 0 heterocycles. The summed E-state index contributed by atoms with van der Waals surface area (Å²) in [4.78, 5) is 0. The third-order valence-corrected chi connectivity index (χ3v) is 9.02. The molecule has 0 unspecified atom stereocenters. The first-order valence-electron chi connectivity index (χ1n) is 9.80. The number of rotatable bonds is 14. The van der Waals surface area contributed by atoms with E-state index in [2.05, 4.69) is 52.0 Å². The van der Waals surface area contributed by atoms with Crippen molar-refractivity contribution >= 4 is 19.7 Å². The van der Waals surface area contributed by atoms with Crippen molar-refractivity contribution in [2.24, 2.45) is 0 Å². The second kappa shape index (κ2) is 14.5. The van der Waals surface area contributed by atoms with Crippen LogP contribution in [0.25, 0.3) is 0 Å². The van der Waals surface area contributed by atoms with Gasteiger partial charge in [-0.25, -0.2) is 0 Å². The first-order valence-corrected chi connectivity index (χ1v) is 13.0. The van der Waals surface area contributed by atoms with Crippen molar-refractivity contribution < 1.29 is 0 Å². The predicted molar refractivity (Wildman–Crippen MR) is 120 cm³/mol. The van der Waals surface area contributed by atoms with E-state index in [9.17, 15) is 0 Å². The average molecular weight is 379 g/mol. The topological polar surface area (TPSA) is 0 Å². The van der Waals surface area contributed by atoms with Gasteiger partial charge in [-0.1, -0.05) is 48.8 Å². The maximum atomic E-state index is 5.70. The van der Waals surface area contributed by atoms with Crippen molar-refractivity contribution in [2.75, 3.05) is 5.88 Å². The van der Waals surface area contributed by atoms with E-state index < -0.39 is 8.07 Å². The highest BCUT2D eigenvalue weighted by Gasteiger charge is 2.31. The number of alkyl halides is 1. The molecular formula is C23H39ClSi. The standard InChI is InChI=1S/C23H39ClSi/c1-21(2)18-25(19-22(3)4,20-23(5)6)17-15-13-11-9-7-8-10-12-14-16-24/h1,3,5,7-14,16,18-20H2,2,4,6H3. The number of hydrogen-bond acceptors (Lipinski definition) is 0. The van der Waals surface area contributed by atoms with Crippen LogP contribution in [0.3, 0.4) is 0 Å². The highest BCUT2D eigenvalue weighted by atomic mass is 35.5. The fourth-order valence-corrected chi connectivity index (χ4v) is 8.29. The number of halogens is 1. The molecule has 0 bridgehead atoms. The van der Waals surface area contributed by atoms with Crippen LogP contribution >= 0.6 is 11.6 Å². The van der Waals surface area contributed by atoms with Crippen LogP contribution in [-0.4, -0.2) is 14.0 Å². The Balaban J connectivity index is 4.50. The molecule has 0 amide bonds. The Morgan fingerprint density at radius 3 is 1.52 bits per heavy atom. The zero-order valence-corrected chi connectivity index (χ0v) is 18.7. The summed E-state index contributed by atoms with van der Waals surface area (Å²) in [7, 11) is -1.75. The fourth-order valence-electron chi connectivity index (χ4n) is 3.49. The lowest BCUT2D eigenvalue weighted by molar-refractivity contribution is 0.595. The second-order valence-electron chi connectivity index (χ2n) is 7.90. The first-order chi connectivity index (χ1) is 11.8. The molecule has 0 saturated heterocycles. The fraction of sp³-hybridized carbons (Fsp3) is 0.652. The molecule has 0 aromatic rings. The van der Waals surface area contributed by atoms with Crippen LogP contribution in [0.2, 0.25) is 18.1 Å². The van der Waals surface area contributed by atoms with E-state index in [-0.39, 0.29) is 0 Å². The molecule has 0 atom stereocenters. The van der Waals surface area contributed by atoms with Gasteiger partial charge in [-0.15, -0.1) is 42.8 Å². The van der Waals surface area contributed by atoms with Crippen molar-refractivity contribution in [3.63, 3.8) is 0 Å². The predicted octanol–water partition coefficient (Wildman–Crippen LogP) is 8.07. The summed E-state index contributed by atoms with van der Waals surface area (Å²) in [6.07, 6.45) is 9.98. The van der Waals surface area contributed by atoms with E-state index in [1.807, 2.05) is 0 Å². The van der Waals surface area contributed by atoms with Gasteiger partial charge in [0.2, 0.25) is 0 Å². The van der Waals surface area contributed by atoms with Crippen LogP contribution in [0.15, 0.2) is 36.5 Å². The molecule has 0 aliphatic carbocycles. The summed E-state index contributed by atoms with van der Waals surface area (Å²) in [5.41, 5.74) is 7.49. The molecule has 0 nitrogen and oxygen atoms in total. The lowest BCUT2D eigenvalue weighted by atomic mass is 10.1. The quantitative estimate of drug-likeness (QED) is 0.0941. The second-order valence-corrected chi connectivity index (χ2v) is 12.1. The minimum atomic E-state index is -1.75. The third kappa shape index (κ3) is 14.2. The van der Waals surface area contributed by atoms with Gasteiger partial charge in [0.25, 0.3) is 0 Å². The van der Waals surface area contributed by atoms with Crippen LogP contribution in [0, 0.1) is 11.5 Å². The van der Waals surface area contributed by atoms with Gasteiger partial charge in [-0.05, 0) is 51.7 Å². The zero-order valence-electron chi connectivity index (χ0n) is 17.0. The van der Waals surface area contributed by atoms with Crippen molar-refractivity contribution in [3.8, 4) is 11.5 Å². The molecule has 0 N–H and O–H groups in total. The van der Waals surface area contributed by atoms with Crippen molar-refractivity contribution in [3.05, 3.63) is 36.5 Å². The Labute approximate surface area is 163 Å². The molecule has 0 rings (SSSR count). The summed E-state index contributed by atoms with van der Waals surface area (Å²) in [6.45, 7) is 18.8. The molecule has 25 heavy (non-hydrogen) atoms.